The van der Waals surface area contributed by atoms with Gasteiger partial charge in [-0.1, -0.05) is 47.6 Å². The quantitative estimate of drug-likeness (QED) is 0.190. The van der Waals surface area contributed by atoms with Crippen molar-refractivity contribution in [3.05, 3.63) is 72.8 Å². The first-order valence-corrected chi connectivity index (χ1v) is 19.9. The van der Waals surface area contributed by atoms with Crippen LogP contribution in [0.5, 0.6) is 23.0 Å². The minimum atomic E-state index is -0.690. The number of carbonyl (C=O) groups is 2. The molecular formula is C46H60N2O6. The van der Waals surface area contributed by atoms with Crippen LogP contribution in [0.15, 0.2) is 72.8 Å². The predicted molar refractivity (Wildman–Crippen MR) is 213 cm³/mol. The topological polar surface area (TPSA) is 77.5 Å². The van der Waals surface area contributed by atoms with Crippen LogP contribution in [0.25, 0.3) is 0 Å². The molecule has 0 amide bonds. The highest BCUT2D eigenvalue weighted by molar-refractivity contribution is 6.00. The number of nitrogens with zero attached hydrogens (tertiary/aromatic N) is 2. The molecule has 54 heavy (non-hydrogen) atoms. The zero-order valence-corrected chi connectivity index (χ0v) is 34.4. The van der Waals surface area contributed by atoms with Crippen molar-refractivity contribution in [3.8, 4) is 23.0 Å². The van der Waals surface area contributed by atoms with E-state index in [1.165, 1.54) is 0 Å². The van der Waals surface area contributed by atoms with Crippen molar-refractivity contribution in [1.82, 2.24) is 0 Å². The first-order valence-electron chi connectivity index (χ1n) is 19.9. The third kappa shape index (κ3) is 6.12. The Hall–Kier alpha value is -3.88. The molecule has 0 aliphatic heterocycles. The summed E-state index contributed by atoms with van der Waals surface area (Å²) in [6.07, 6.45) is 3.87. The Labute approximate surface area is 322 Å². The molecule has 4 aliphatic rings. The smallest absolute Gasteiger partial charge is 0.164 e. The van der Waals surface area contributed by atoms with Gasteiger partial charge in [0, 0.05) is 40.6 Å². The van der Waals surface area contributed by atoms with E-state index in [0.29, 0.717) is 23.0 Å². The van der Waals surface area contributed by atoms with Crippen molar-refractivity contribution >= 4 is 22.9 Å². The summed E-state index contributed by atoms with van der Waals surface area (Å²) in [5, 5.41) is 3.84. The van der Waals surface area contributed by atoms with Crippen molar-refractivity contribution in [3.63, 3.8) is 0 Å². The number of hydroxylamine groups is 2. The molecule has 3 aromatic rings. The average Bonchev–Trinajstić information content (AvgIpc) is 3.82. The first kappa shape index (κ1) is 38.4. The van der Waals surface area contributed by atoms with Crippen molar-refractivity contribution in [2.75, 3.05) is 10.1 Å². The number of ether oxygens (including phenoxy) is 2. The molecule has 0 N–H and O–H groups in total. The van der Waals surface area contributed by atoms with Crippen molar-refractivity contribution in [2.45, 2.75) is 131 Å². The number of fused-ring (bicyclic) bond motifs is 2. The SMILES string of the molecule is CC1CCC2C(C)(C)C2(N(OC(C)(C)C)c2ccc(Oc3cccc(Oc4ccc(N(OC(C)(C)C)C56C(=O)C(C)CCC5C6(C)C)cc4)c3)cc2)C1=O. The maximum absolute atomic E-state index is 13.9. The molecule has 8 heteroatoms. The van der Waals surface area contributed by atoms with Crippen LogP contribution in [0.1, 0.15) is 109 Å². The molecule has 0 heterocycles. The van der Waals surface area contributed by atoms with E-state index in [1.54, 1.807) is 0 Å². The molecule has 0 bridgehead atoms. The van der Waals surface area contributed by atoms with Crippen molar-refractivity contribution in [1.29, 1.82) is 0 Å². The molecule has 0 saturated heterocycles. The van der Waals surface area contributed by atoms with Gasteiger partial charge in [0.1, 0.15) is 34.1 Å². The Morgan fingerprint density at radius 1 is 0.537 bits per heavy atom. The van der Waals surface area contributed by atoms with Gasteiger partial charge >= 0.3 is 0 Å². The molecule has 4 saturated carbocycles. The summed E-state index contributed by atoms with van der Waals surface area (Å²) < 4.78 is 12.6. The van der Waals surface area contributed by atoms with E-state index in [0.717, 1.165) is 37.1 Å². The van der Waals surface area contributed by atoms with Gasteiger partial charge in [0.25, 0.3) is 0 Å². The van der Waals surface area contributed by atoms with E-state index in [1.807, 2.05) is 138 Å². The Morgan fingerprint density at radius 3 is 1.22 bits per heavy atom. The number of carbonyl (C=O) groups excluding carboxylic acids is 2. The molecule has 290 valence electrons. The maximum atomic E-state index is 13.9. The van der Waals surface area contributed by atoms with Crippen LogP contribution < -0.4 is 19.6 Å². The van der Waals surface area contributed by atoms with E-state index in [-0.39, 0.29) is 46.1 Å². The molecule has 8 nitrogen and oxygen atoms in total. The minimum absolute atomic E-state index is 0.00452. The number of hydrogen-bond acceptors (Lipinski definition) is 8. The van der Waals surface area contributed by atoms with E-state index in [2.05, 4.69) is 27.7 Å². The lowest BCUT2D eigenvalue weighted by atomic mass is 9.84. The standard InChI is InChI=1S/C46H60N2O6/c1-29-16-26-37-43(9,10)45(37,39(29)49)47(53-41(3,4)5)31-18-22-33(23-19-31)51-35-14-13-15-36(28-35)52-34-24-20-32(21-25-34)48(54-42(6,7)8)46-38(44(46,11)12)27-17-30(2)40(46)50/h13-15,18-25,28-30,37-38H,16-17,26-27H2,1-12H3. The zero-order valence-electron chi connectivity index (χ0n) is 34.4. The lowest BCUT2D eigenvalue weighted by Crippen LogP contribution is -2.54. The molecule has 0 spiro atoms. The Balaban J connectivity index is 1.08. The average molecular weight is 737 g/mol. The zero-order chi connectivity index (χ0) is 39.2. The maximum Gasteiger partial charge on any atom is 0.164 e. The number of rotatable bonds is 10. The number of Topliss-reactive ketones (excluding diaryl/α,β-unsaturated/α-hetero) is 2. The molecular weight excluding hydrogens is 677 g/mol. The van der Waals surface area contributed by atoms with Crippen LogP contribution in [0.4, 0.5) is 11.4 Å². The molecule has 0 aromatic heterocycles. The lowest BCUT2D eigenvalue weighted by molar-refractivity contribution is -0.134. The second-order valence-electron chi connectivity index (χ2n) is 19.4. The van der Waals surface area contributed by atoms with Gasteiger partial charge in [0.05, 0.1) is 22.6 Å². The van der Waals surface area contributed by atoms with E-state index in [4.69, 9.17) is 19.1 Å². The Morgan fingerprint density at radius 2 is 0.889 bits per heavy atom. The van der Waals surface area contributed by atoms with E-state index < -0.39 is 22.3 Å². The van der Waals surface area contributed by atoms with Gasteiger partial charge in [-0.15, -0.1) is 0 Å². The highest BCUT2D eigenvalue weighted by Gasteiger charge is 2.81. The summed E-state index contributed by atoms with van der Waals surface area (Å²) in [4.78, 5) is 41.1. The van der Waals surface area contributed by atoms with Crippen LogP contribution >= 0.6 is 0 Å². The van der Waals surface area contributed by atoms with E-state index in [9.17, 15) is 9.59 Å². The van der Waals surface area contributed by atoms with Gasteiger partial charge in [0.2, 0.25) is 0 Å². The fourth-order valence-electron chi connectivity index (χ4n) is 10.0. The first-order chi connectivity index (χ1) is 25.1. The van der Waals surface area contributed by atoms with Gasteiger partial charge < -0.3 is 9.47 Å². The third-order valence-corrected chi connectivity index (χ3v) is 12.8. The molecule has 4 fully saturated rings. The summed E-state index contributed by atoms with van der Waals surface area (Å²) in [6.45, 7) is 25.1. The second-order valence-corrected chi connectivity index (χ2v) is 19.4. The molecule has 4 aliphatic carbocycles. The van der Waals surface area contributed by atoms with Crippen molar-refractivity contribution < 1.29 is 28.7 Å². The van der Waals surface area contributed by atoms with Gasteiger partial charge in [-0.05, 0) is 128 Å². The van der Waals surface area contributed by atoms with Gasteiger partial charge in [-0.25, -0.2) is 10.1 Å². The summed E-state index contributed by atoms with van der Waals surface area (Å²) in [6, 6.07) is 23.2. The normalized spacial score (nSPS) is 29.5. The summed E-state index contributed by atoms with van der Waals surface area (Å²) in [5.41, 5.74) is -1.07. The van der Waals surface area contributed by atoms with E-state index >= 15 is 0 Å². The highest BCUT2D eigenvalue weighted by Crippen LogP contribution is 2.72. The van der Waals surface area contributed by atoms with Crippen LogP contribution in [0, 0.1) is 34.5 Å². The highest BCUT2D eigenvalue weighted by atomic mass is 16.7. The molecule has 6 atom stereocenters. The van der Waals surface area contributed by atoms with Crippen molar-refractivity contribution in [2.24, 2.45) is 34.5 Å². The van der Waals surface area contributed by atoms with Gasteiger partial charge in [-0.2, -0.15) is 0 Å². The monoisotopic (exact) mass is 736 g/mol. The van der Waals surface area contributed by atoms with Gasteiger partial charge in [0.15, 0.2) is 11.6 Å². The Kier molecular flexibility index (Phi) is 9.13. The summed E-state index contributed by atoms with van der Waals surface area (Å²) in [7, 11) is 0. The molecule has 7 rings (SSSR count). The number of anilines is 2. The number of benzene rings is 3. The molecule has 0 radical (unpaired) electrons. The third-order valence-electron chi connectivity index (χ3n) is 12.8. The summed E-state index contributed by atoms with van der Waals surface area (Å²) in [5.74, 6) is 3.60. The van der Waals surface area contributed by atoms with Crippen LogP contribution in [0.2, 0.25) is 0 Å². The molecule has 6 unspecified atom stereocenters. The lowest BCUT2D eigenvalue weighted by Gasteiger charge is -2.41. The van der Waals surface area contributed by atoms with Crippen LogP contribution in [0.3, 0.4) is 0 Å². The predicted octanol–water partition coefficient (Wildman–Crippen LogP) is 11.1. The minimum Gasteiger partial charge on any atom is -0.457 e. The fourth-order valence-corrected chi connectivity index (χ4v) is 10.0. The molecule has 3 aromatic carbocycles. The Bertz CT molecular complexity index is 1770. The number of hydrogen-bond donors (Lipinski definition) is 0. The van der Waals surface area contributed by atoms with Crippen LogP contribution in [-0.2, 0) is 19.3 Å². The summed E-state index contributed by atoms with van der Waals surface area (Å²) >= 11 is 0. The number of ketones is 2. The largest absolute Gasteiger partial charge is 0.457 e. The van der Waals surface area contributed by atoms with Gasteiger partial charge in [-0.3, -0.25) is 19.3 Å². The fraction of sp³-hybridized carbons (Fsp3) is 0.565. The second kappa shape index (κ2) is 12.8. The van der Waals surface area contributed by atoms with Crippen LogP contribution in [-0.4, -0.2) is 33.8 Å².